The Hall–Kier alpha value is -2.32. The molecule has 170 valence electrons. The summed E-state index contributed by atoms with van der Waals surface area (Å²) in [4.78, 5) is 15.4. The Balaban J connectivity index is 1.34. The number of ether oxygens (including phenoxy) is 2. The number of halogens is 1. The fourth-order valence-corrected chi connectivity index (χ4v) is 5.55. The van der Waals surface area contributed by atoms with E-state index in [0.717, 1.165) is 41.7 Å². The Morgan fingerprint density at radius 1 is 1.21 bits per heavy atom. The van der Waals surface area contributed by atoms with Crippen molar-refractivity contribution in [1.29, 1.82) is 0 Å². The van der Waals surface area contributed by atoms with Gasteiger partial charge in [0, 0.05) is 34.3 Å². The minimum absolute atomic E-state index is 0.0385. The summed E-state index contributed by atoms with van der Waals surface area (Å²) in [6, 6.07) is 15.5. The molecular weight excluding hydrogens is 476 g/mol. The lowest BCUT2D eigenvalue weighted by atomic mass is 10.1. The Labute approximate surface area is 207 Å². The number of amides is 1. The van der Waals surface area contributed by atoms with E-state index in [9.17, 15) is 4.79 Å². The SMILES string of the molecule is O=C1/C(=C/c2cn(CCOc3ccc(Cl)cc3)c3ccccc23)SC(=S)N1C[C@H]1CCCO1. The highest BCUT2D eigenvalue weighted by Gasteiger charge is 2.34. The molecule has 2 aliphatic heterocycles. The van der Waals surface area contributed by atoms with Crippen LogP contribution in [0.15, 0.2) is 59.6 Å². The number of carbonyl (C=O) groups excluding carboxylic acids is 1. The van der Waals surface area contributed by atoms with Gasteiger partial charge in [0.15, 0.2) is 0 Å². The topological polar surface area (TPSA) is 43.7 Å². The molecule has 0 spiro atoms. The van der Waals surface area contributed by atoms with Crippen molar-refractivity contribution in [2.45, 2.75) is 25.5 Å². The molecular formula is C25H23ClN2O3S2. The molecule has 1 amide bonds. The fraction of sp³-hybridized carbons (Fsp3) is 0.280. The van der Waals surface area contributed by atoms with Crippen LogP contribution in [0, 0.1) is 0 Å². The second-order valence-electron chi connectivity index (χ2n) is 8.02. The minimum atomic E-state index is -0.0385. The highest BCUT2D eigenvalue weighted by Crippen LogP contribution is 2.35. The van der Waals surface area contributed by atoms with Crippen LogP contribution in [-0.4, -0.2) is 45.6 Å². The summed E-state index contributed by atoms with van der Waals surface area (Å²) >= 11 is 12.8. The molecule has 0 unspecified atom stereocenters. The number of rotatable bonds is 7. The molecule has 0 aliphatic carbocycles. The van der Waals surface area contributed by atoms with Gasteiger partial charge in [0.25, 0.3) is 5.91 Å². The van der Waals surface area contributed by atoms with E-state index in [0.29, 0.717) is 33.9 Å². The van der Waals surface area contributed by atoms with Gasteiger partial charge in [-0.2, -0.15) is 0 Å². The van der Waals surface area contributed by atoms with E-state index >= 15 is 0 Å². The lowest BCUT2D eigenvalue weighted by Gasteiger charge is -2.18. The smallest absolute Gasteiger partial charge is 0.266 e. The molecule has 1 atom stereocenters. The van der Waals surface area contributed by atoms with Crippen molar-refractivity contribution >= 4 is 62.8 Å². The second-order valence-corrected chi connectivity index (χ2v) is 10.1. The third kappa shape index (κ3) is 4.96. The third-order valence-corrected chi connectivity index (χ3v) is 7.43. The zero-order valence-corrected chi connectivity index (χ0v) is 20.3. The van der Waals surface area contributed by atoms with Crippen LogP contribution in [0.3, 0.4) is 0 Å². The van der Waals surface area contributed by atoms with Crippen LogP contribution in [0.25, 0.3) is 17.0 Å². The average Bonchev–Trinajstić information content (AvgIpc) is 3.52. The van der Waals surface area contributed by atoms with Crippen LogP contribution in [0.5, 0.6) is 5.75 Å². The van der Waals surface area contributed by atoms with Gasteiger partial charge in [0.2, 0.25) is 0 Å². The van der Waals surface area contributed by atoms with E-state index in [-0.39, 0.29) is 12.0 Å². The molecule has 3 aromatic rings. The maximum Gasteiger partial charge on any atom is 0.266 e. The third-order valence-electron chi connectivity index (χ3n) is 5.80. The molecule has 2 aliphatic rings. The number of benzene rings is 2. The van der Waals surface area contributed by atoms with Crippen molar-refractivity contribution in [2.75, 3.05) is 19.8 Å². The van der Waals surface area contributed by atoms with Gasteiger partial charge in [-0.1, -0.05) is 53.8 Å². The van der Waals surface area contributed by atoms with Crippen molar-refractivity contribution < 1.29 is 14.3 Å². The first-order chi connectivity index (χ1) is 16.1. The highest BCUT2D eigenvalue weighted by atomic mass is 35.5. The van der Waals surface area contributed by atoms with E-state index in [1.165, 1.54) is 11.8 Å². The molecule has 0 saturated carbocycles. The number of hydrogen-bond donors (Lipinski definition) is 0. The van der Waals surface area contributed by atoms with Crippen LogP contribution in [0.4, 0.5) is 0 Å². The summed E-state index contributed by atoms with van der Waals surface area (Å²) < 4.78 is 14.3. The molecule has 2 aromatic carbocycles. The molecule has 2 saturated heterocycles. The summed E-state index contributed by atoms with van der Waals surface area (Å²) in [7, 11) is 0. The Morgan fingerprint density at radius 2 is 2.03 bits per heavy atom. The van der Waals surface area contributed by atoms with Gasteiger partial charge in [-0.3, -0.25) is 9.69 Å². The van der Waals surface area contributed by atoms with Gasteiger partial charge < -0.3 is 14.0 Å². The Kier molecular flexibility index (Phi) is 6.74. The number of thioether (sulfide) groups is 1. The number of thiocarbonyl (C=S) groups is 1. The molecule has 5 nitrogen and oxygen atoms in total. The largest absolute Gasteiger partial charge is 0.492 e. The van der Waals surface area contributed by atoms with Crippen LogP contribution in [-0.2, 0) is 16.1 Å². The maximum absolute atomic E-state index is 13.1. The molecule has 33 heavy (non-hydrogen) atoms. The first kappa shape index (κ1) is 22.5. The van der Waals surface area contributed by atoms with Gasteiger partial charge in [0.05, 0.1) is 24.1 Å². The first-order valence-electron chi connectivity index (χ1n) is 10.9. The van der Waals surface area contributed by atoms with Crippen molar-refractivity contribution in [3.05, 3.63) is 70.2 Å². The van der Waals surface area contributed by atoms with Gasteiger partial charge in [0.1, 0.15) is 16.7 Å². The quantitative estimate of drug-likeness (QED) is 0.306. The van der Waals surface area contributed by atoms with Crippen LogP contribution in [0.1, 0.15) is 18.4 Å². The average molecular weight is 499 g/mol. The summed E-state index contributed by atoms with van der Waals surface area (Å²) in [5.74, 6) is 0.745. The van der Waals surface area contributed by atoms with Crippen molar-refractivity contribution in [3.63, 3.8) is 0 Å². The van der Waals surface area contributed by atoms with E-state index in [2.05, 4.69) is 22.9 Å². The predicted octanol–water partition coefficient (Wildman–Crippen LogP) is 5.75. The minimum Gasteiger partial charge on any atom is -0.492 e. The van der Waals surface area contributed by atoms with E-state index < -0.39 is 0 Å². The summed E-state index contributed by atoms with van der Waals surface area (Å²) in [6.07, 6.45) is 6.11. The molecule has 1 aromatic heterocycles. The van der Waals surface area contributed by atoms with Crippen molar-refractivity contribution in [2.24, 2.45) is 0 Å². The summed E-state index contributed by atoms with van der Waals surface area (Å²) in [5.41, 5.74) is 2.09. The lowest BCUT2D eigenvalue weighted by molar-refractivity contribution is -0.123. The number of nitrogens with zero attached hydrogens (tertiary/aromatic N) is 2. The lowest BCUT2D eigenvalue weighted by Crippen LogP contribution is -2.35. The molecule has 0 N–H and O–H groups in total. The zero-order chi connectivity index (χ0) is 22.8. The van der Waals surface area contributed by atoms with Gasteiger partial charge in [-0.15, -0.1) is 0 Å². The standard InChI is InChI=1S/C25H23ClN2O3S2/c26-18-7-9-19(10-8-18)31-13-11-27-15-17(21-5-1-2-6-22(21)27)14-23-24(29)28(25(32)33-23)16-20-4-3-12-30-20/h1-2,5-10,14-15,20H,3-4,11-13,16H2/b23-14-/t20-/m1/s1. The van der Waals surface area contributed by atoms with Crippen molar-refractivity contribution in [1.82, 2.24) is 9.47 Å². The number of carbonyl (C=O) groups is 1. The van der Waals surface area contributed by atoms with E-state index in [4.69, 9.17) is 33.3 Å². The first-order valence-corrected chi connectivity index (χ1v) is 12.5. The van der Waals surface area contributed by atoms with Gasteiger partial charge in [-0.05, 0) is 49.2 Å². The monoisotopic (exact) mass is 498 g/mol. The number of fused-ring (bicyclic) bond motifs is 1. The zero-order valence-electron chi connectivity index (χ0n) is 17.9. The fourth-order valence-electron chi connectivity index (χ4n) is 4.16. The normalized spacial score (nSPS) is 19.8. The van der Waals surface area contributed by atoms with E-state index in [1.54, 1.807) is 4.90 Å². The molecule has 5 rings (SSSR count). The molecule has 2 fully saturated rings. The molecule has 3 heterocycles. The van der Waals surface area contributed by atoms with Crippen LogP contribution < -0.4 is 4.74 Å². The number of para-hydroxylation sites is 1. The highest BCUT2D eigenvalue weighted by molar-refractivity contribution is 8.26. The Morgan fingerprint density at radius 3 is 2.82 bits per heavy atom. The molecule has 0 bridgehead atoms. The van der Waals surface area contributed by atoms with E-state index in [1.807, 2.05) is 42.5 Å². The molecule has 0 radical (unpaired) electrons. The summed E-state index contributed by atoms with van der Waals surface area (Å²) in [6.45, 7) is 2.49. The second kappa shape index (κ2) is 9.89. The van der Waals surface area contributed by atoms with Crippen LogP contribution in [0.2, 0.25) is 5.02 Å². The van der Waals surface area contributed by atoms with Crippen molar-refractivity contribution in [3.8, 4) is 5.75 Å². The predicted molar refractivity (Wildman–Crippen MR) is 138 cm³/mol. The molecule has 8 heteroatoms. The van der Waals surface area contributed by atoms with Gasteiger partial charge >= 0.3 is 0 Å². The van der Waals surface area contributed by atoms with Gasteiger partial charge in [-0.25, -0.2) is 0 Å². The maximum atomic E-state index is 13.1. The number of hydrogen-bond acceptors (Lipinski definition) is 5. The van der Waals surface area contributed by atoms with Crippen LogP contribution >= 0.6 is 35.6 Å². The Bertz CT molecular complexity index is 1220. The number of aromatic nitrogens is 1. The summed E-state index contributed by atoms with van der Waals surface area (Å²) in [5, 5.41) is 1.78.